The molecule has 3 unspecified atom stereocenters. The maximum absolute atomic E-state index is 10.2. The molecule has 0 bridgehead atoms. The SMILES string of the molecule is CCNC(=NCC1(O)CCC1)NC1CCC2CCCC2C1.I. The smallest absolute Gasteiger partial charge is 0.191 e. The Morgan fingerprint density at radius 1 is 1.14 bits per heavy atom. The third-order valence-corrected chi connectivity index (χ3v) is 5.79. The van der Waals surface area contributed by atoms with Gasteiger partial charge in [0.25, 0.3) is 0 Å². The van der Waals surface area contributed by atoms with Crippen molar-refractivity contribution in [3.63, 3.8) is 0 Å². The molecule has 0 aliphatic heterocycles. The van der Waals surface area contributed by atoms with Gasteiger partial charge in [-0.05, 0) is 57.3 Å². The molecule has 3 atom stereocenters. The fourth-order valence-electron chi connectivity index (χ4n) is 4.32. The normalized spacial score (nSPS) is 33.4. The summed E-state index contributed by atoms with van der Waals surface area (Å²) in [6, 6.07) is 0.568. The van der Waals surface area contributed by atoms with Gasteiger partial charge >= 0.3 is 0 Å². The topological polar surface area (TPSA) is 56.7 Å². The molecule has 3 aliphatic rings. The molecule has 0 heterocycles. The zero-order valence-corrected chi connectivity index (χ0v) is 16.1. The first kappa shape index (κ1) is 18.3. The van der Waals surface area contributed by atoms with E-state index in [4.69, 9.17) is 0 Å². The summed E-state index contributed by atoms with van der Waals surface area (Å²) < 4.78 is 0. The number of halogens is 1. The minimum absolute atomic E-state index is 0. The summed E-state index contributed by atoms with van der Waals surface area (Å²) in [5, 5.41) is 17.1. The molecule has 4 nitrogen and oxygen atoms in total. The predicted molar refractivity (Wildman–Crippen MR) is 102 cm³/mol. The summed E-state index contributed by atoms with van der Waals surface area (Å²) >= 11 is 0. The predicted octanol–water partition coefficient (Wildman–Crippen LogP) is 3.04. The van der Waals surface area contributed by atoms with Crippen molar-refractivity contribution in [3.8, 4) is 0 Å². The zero-order chi connectivity index (χ0) is 14.7. The molecule has 5 heteroatoms. The number of rotatable bonds is 4. The maximum Gasteiger partial charge on any atom is 0.191 e. The van der Waals surface area contributed by atoms with Gasteiger partial charge in [-0.3, -0.25) is 4.99 Å². The number of aliphatic hydroxyl groups is 1. The summed E-state index contributed by atoms with van der Waals surface area (Å²) in [6.07, 6.45) is 11.2. The van der Waals surface area contributed by atoms with Crippen molar-refractivity contribution in [2.45, 2.75) is 76.4 Å². The number of hydrogen-bond donors (Lipinski definition) is 3. The van der Waals surface area contributed by atoms with Gasteiger partial charge in [-0.15, -0.1) is 24.0 Å². The van der Waals surface area contributed by atoms with Crippen LogP contribution in [0.15, 0.2) is 4.99 Å². The Hall–Kier alpha value is -0.0400. The first-order chi connectivity index (χ1) is 10.2. The van der Waals surface area contributed by atoms with Crippen LogP contribution in [0.3, 0.4) is 0 Å². The Morgan fingerprint density at radius 2 is 1.91 bits per heavy atom. The van der Waals surface area contributed by atoms with E-state index in [0.29, 0.717) is 12.6 Å². The van der Waals surface area contributed by atoms with Crippen molar-refractivity contribution >= 4 is 29.9 Å². The summed E-state index contributed by atoms with van der Waals surface area (Å²) in [5.41, 5.74) is -0.522. The highest BCUT2D eigenvalue weighted by Crippen LogP contribution is 2.42. The average Bonchev–Trinajstić information content (AvgIpc) is 2.90. The number of hydrogen-bond acceptors (Lipinski definition) is 2. The summed E-state index contributed by atoms with van der Waals surface area (Å²) in [6.45, 7) is 3.52. The van der Waals surface area contributed by atoms with Crippen LogP contribution in [0.2, 0.25) is 0 Å². The van der Waals surface area contributed by atoms with E-state index in [2.05, 4.69) is 22.5 Å². The van der Waals surface area contributed by atoms with Crippen LogP contribution < -0.4 is 10.6 Å². The number of fused-ring (bicyclic) bond motifs is 1. The molecule has 0 radical (unpaired) electrons. The van der Waals surface area contributed by atoms with Crippen LogP contribution in [0.1, 0.15) is 64.7 Å². The van der Waals surface area contributed by atoms with Crippen LogP contribution in [-0.2, 0) is 0 Å². The minimum Gasteiger partial charge on any atom is -0.388 e. The molecule has 3 aliphatic carbocycles. The van der Waals surface area contributed by atoms with Crippen LogP contribution in [-0.4, -0.2) is 35.8 Å². The molecule has 0 aromatic heterocycles. The third-order valence-electron chi connectivity index (χ3n) is 5.79. The molecule has 128 valence electrons. The number of guanidine groups is 1. The second kappa shape index (κ2) is 8.18. The van der Waals surface area contributed by atoms with Gasteiger partial charge in [0.15, 0.2) is 5.96 Å². The molecule has 22 heavy (non-hydrogen) atoms. The lowest BCUT2D eigenvalue weighted by Crippen LogP contribution is -2.47. The monoisotopic (exact) mass is 421 g/mol. The van der Waals surface area contributed by atoms with Crippen LogP contribution in [0.4, 0.5) is 0 Å². The van der Waals surface area contributed by atoms with E-state index in [1.807, 2.05) is 0 Å². The fourth-order valence-corrected chi connectivity index (χ4v) is 4.32. The van der Waals surface area contributed by atoms with Crippen LogP contribution in [0.25, 0.3) is 0 Å². The summed E-state index contributed by atoms with van der Waals surface area (Å²) in [7, 11) is 0. The molecule has 0 spiro atoms. The van der Waals surface area contributed by atoms with Crippen LogP contribution in [0, 0.1) is 11.8 Å². The van der Waals surface area contributed by atoms with E-state index in [1.165, 1.54) is 38.5 Å². The van der Waals surface area contributed by atoms with Crippen molar-refractivity contribution in [1.82, 2.24) is 10.6 Å². The lowest BCUT2D eigenvalue weighted by molar-refractivity contribution is -0.0236. The molecule has 3 fully saturated rings. The van der Waals surface area contributed by atoms with Crippen molar-refractivity contribution in [2.75, 3.05) is 13.1 Å². The van der Waals surface area contributed by atoms with Gasteiger partial charge in [0.2, 0.25) is 0 Å². The van der Waals surface area contributed by atoms with E-state index >= 15 is 0 Å². The Labute approximate surface area is 151 Å². The summed E-state index contributed by atoms with van der Waals surface area (Å²) in [5.74, 6) is 2.84. The van der Waals surface area contributed by atoms with Crippen LogP contribution in [0.5, 0.6) is 0 Å². The Kier molecular flexibility index (Phi) is 6.80. The molecular formula is C17H32IN3O. The fraction of sp³-hybridized carbons (Fsp3) is 0.941. The maximum atomic E-state index is 10.2. The Morgan fingerprint density at radius 3 is 2.59 bits per heavy atom. The van der Waals surface area contributed by atoms with E-state index in [9.17, 15) is 5.11 Å². The lowest BCUT2D eigenvalue weighted by Gasteiger charge is -2.36. The average molecular weight is 421 g/mol. The quantitative estimate of drug-likeness (QED) is 0.372. The second-order valence-electron chi connectivity index (χ2n) is 7.38. The minimum atomic E-state index is -0.522. The first-order valence-electron chi connectivity index (χ1n) is 8.96. The summed E-state index contributed by atoms with van der Waals surface area (Å²) in [4.78, 5) is 4.63. The zero-order valence-electron chi connectivity index (χ0n) is 13.8. The van der Waals surface area contributed by atoms with Gasteiger partial charge in [0, 0.05) is 12.6 Å². The third kappa shape index (κ3) is 4.49. The molecule has 0 aromatic carbocycles. The molecule has 3 saturated carbocycles. The van der Waals surface area contributed by atoms with Gasteiger partial charge in [-0.25, -0.2) is 0 Å². The van der Waals surface area contributed by atoms with Crippen LogP contribution >= 0.6 is 24.0 Å². The number of aliphatic imine (C=N–C) groups is 1. The van der Waals surface area contributed by atoms with E-state index < -0.39 is 5.60 Å². The van der Waals surface area contributed by atoms with Crippen molar-refractivity contribution in [3.05, 3.63) is 0 Å². The van der Waals surface area contributed by atoms with Crippen molar-refractivity contribution in [2.24, 2.45) is 16.8 Å². The van der Waals surface area contributed by atoms with Crippen molar-refractivity contribution < 1.29 is 5.11 Å². The Bertz CT molecular complexity index is 384. The van der Waals surface area contributed by atoms with Gasteiger partial charge < -0.3 is 15.7 Å². The largest absolute Gasteiger partial charge is 0.388 e. The molecule has 3 N–H and O–H groups in total. The first-order valence-corrected chi connectivity index (χ1v) is 8.96. The van der Waals surface area contributed by atoms with E-state index in [-0.39, 0.29) is 24.0 Å². The van der Waals surface area contributed by atoms with Gasteiger partial charge in [-0.1, -0.05) is 19.3 Å². The highest BCUT2D eigenvalue weighted by Gasteiger charge is 2.35. The molecule has 0 saturated heterocycles. The number of nitrogens with one attached hydrogen (secondary N) is 2. The van der Waals surface area contributed by atoms with Gasteiger partial charge in [0.05, 0.1) is 12.1 Å². The highest BCUT2D eigenvalue weighted by molar-refractivity contribution is 14.0. The molecule has 3 rings (SSSR count). The second-order valence-corrected chi connectivity index (χ2v) is 7.38. The molecular weight excluding hydrogens is 389 g/mol. The van der Waals surface area contributed by atoms with E-state index in [1.54, 1.807) is 0 Å². The van der Waals surface area contributed by atoms with E-state index in [0.717, 1.165) is 43.6 Å². The Balaban J connectivity index is 0.00000176. The standard InChI is InChI=1S/C17H31N3O.HI/c1-2-18-16(19-12-17(21)9-4-10-17)20-15-8-7-13-5-3-6-14(13)11-15;/h13-15,21H,2-12H2,1H3,(H2,18,19,20);1H. The number of nitrogens with zero attached hydrogens (tertiary/aromatic N) is 1. The van der Waals surface area contributed by atoms with Crippen molar-refractivity contribution in [1.29, 1.82) is 0 Å². The molecule has 0 aromatic rings. The highest BCUT2D eigenvalue weighted by atomic mass is 127. The van der Waals surface area contributed by atoms with Gasteiger partial charge in [0.1, 0.15) is 0 Å². The van der Waals surface area contributed by atoms with Gasteiger partial charge in [-0.2, -0.15) is 0 Å². The lowest BCUT2D eigenvalue weighted by atomic mass is 9.79. The molecule has 0 amide bonds.